The maximum atomic E-state index is 10.7. The van der Waals surface area contributed by atoms with Gasteiger partial charge in [0, 0.05) is 24.0 Å². The third-order valence-electron chi connectivity index (χ3n) is 3.34. The van der Waals surface area contributed by atoms with Gasteiger partial charge in [0.15, 0.2) is 5.16 Å². The minimum Gasteiger partial charge on any atom is -0.481 e. The smallest absolute Gasteiger partial charge is 0.313 e. The number of carboxylic acid groups (broad SMARTS) is 1. The summed E-state index contributed by atoms with van der Waals surface area (Å²) in [6, 6.07) is 0. The molecule has 1 rings (SSSR count). The Hall–Kier alpha value is -1.01. The highest BCUT2D eigenvalue weighted by molar-refractivity contribution is 7.99. The molecule has 0 aliphatic rings. The number of thioether (sulfide) groups is 1. The molecule has 0 spiro atoms. The molecule has 0 fully saturated rings. The van der Waals surface area contributed by atoms with Gasteiger partial charge >= 0.3 is 5.97 Å². The van der Waals surface area contributed by atoms with Gasteiger partial charge in [-0.1, -0.05) is 18.7 Å². The van der Waals surface area contributed by atoms with Crippen LogP contribution in [0.15, 0.2) is 11.4 Å². The predicted octanol–water partition coefficient (Wildman–Crippen LogP) is 1.96. The Bertz CT molecular complexity index is 441. The van der Waals surface area contributed by atoms with E-state index in [1.807, 2.05) is 20.3 Å². The van der Waals surface area contributed by atoms with Crippen LogP contribution in [0.3, 0.4) is 0 Å². The summed E-state index contributed by atoms with van der Waals surface area (Å²) in [7, 11) is 4.10. The molecule has 0 atom stereocenters. The molecule has 0 saturated carbocycles. The van der Waals surface area contributed by atoms with Crippen LogP contribution in [-0.2, 0) is 17.8 Å². The van der Waals surface area contributed by atoms with E-state index in [1.165, 1.54) is 11.8 Å². The molecule has 1 aromatic rings. The van der Waals surface area contributed by atoms with Crippen LogP contribution >= 0.6 is 11.8 Å². The van der Waals surface area contributed by atoms with Crippen molar-refractivity contribution in [3.05, 3.63) is 11.9 Å². The van der Waals surface area contributed by atoms with Crippen LogP contribution in [0.4, 0.5) is 0 Å². The summed E-state index contributed by atoms with van der Waals surface area (Å²) in [5.74, 6) is -0.771. The second-order valence-electron chi connectivity index (χ2n) is 5.36. The normalized spacial score (nSPS) is 12.1. The highest BCUT2D eigenvalue weighted by Gasteiger charge is 2.24. The lowest BCUT2D eigenvalue weighted by atomic mass is 10.0. The van der Waals surface area contributed by atoms with Crippen molar-refractivity contribution < 1.29 is 9.90 Å². The van der Waals surface area contributed by atoms with E-state index in [4.69, 9.17) is 5.11 Å². The fourth-order valence-corrected chi connectivity index (χ4v) is 2.33. The van der Waals surface area contributed by atoms with Gasteiger partial charge < -0.3 is 14.6 Å². The second-order valence-corrected chi connectivity index (χ2v) is 6.30. The molecule has 0 amide bonds. The molecule has 0 aromatic carbocycles. The lowest BCUT2D eigenvalue weighted by Crippen LogP contribution is -2.42. The summed E-state index contributed by atoms with van der Waals surface area (Å²) in [5.41, 5.74) is 1.13. The van der Waals surface area contributed by atoms with E-state index in [2.05, 4.69) is 35.2 Å². The van der Waals surface area contributed by atoms with Gasteiger partial charge in [-0.25, -0.2) is 4.98 Å². The average Bonchev–Trinajstić information content (AvgIpc) is 2.67. The number of hydrogen-bond acceptors (Lipinski definition) is 4. The van der Waals surface area contributed by atoms with Crippen LogP contribution in [0.5, 0.6) is 0 Å². The maximum Gasteiger partial charge on any atom is 0.313 e. The summed E-state index contributed by atoms with van der Waals surface area (Å²) < 4.78 is 2.13. The summed E-state index contributed by atoms with van der Waals surface area (Å²) in [6.45, 7) is 7.21. The van der Waals surface area contributed by atoms with Gasteiger partial charge in [-0.2, -0.15) is 0 Å². The molecule has 1 aromatic heterocycles. The molecule has 0 radical (unpaired) electrons. The second kappa shape index (κ2) is 6.43. The number of hydrogen-bond donors (Lipinski definition) is 1. The van der Waals surface area contributed by atoms with Crippen molar-refractivity contribution in [2.24, 2.45) is 0 Å². The zero-order valence-electron chi connectivity index (χ0n) is 12.3. The third-order valence-corrected chi connectivity index (χ3v) is 4.32. The molecule has 0 aliphatic heterocycles. The van der Waals surface area contributed by atoms with Crippen molar-refractivity contribution in [3.8, 4) is 0 Å². The van der Waals surface area contributed by atoms with E-state index in [1.54, 1.807) is 0 Å². The first-order valence-electron chi connectivity index (χ1n) is 6.34. The Morgan fingerprint density at radius 2 is 2.16 bits per heavy atom. The third kappa shape index (κ3) is 4.24. The average molecular weight is 285 g/mol. The highest BCUT2D eigenvalue weighted by atomic mass is 32.2. The number of aromatic nitrogens is 2. The number of rotatable bonds is 7. The number of likely N-dealkylation sites (N-methyl/N-ethyl adjacent to an activating group) is 1. The largest absolute Gasteiger partial charge is 0.481 e. The van der Waals surface area contributed by atoms with Crippen molar-refractivity contribution >= 4 is 17.7 Å². The molecule has 0 saturated heterocycles. The summed E-state index contributed by atoms with van der Waals surface area (Å²) >= 11 is 1.28. The standard InChI is InChI=1S/C13H23N3O2S/c1-6-10-7-14-12(19-8-11(17)18)16(10)9-13(2,3)15(4)5/h7H,6,8-9H2,1-5H3,(H,17,18). The predicted molar refractivity (Wildman–Crippen MR) is 77.7 cm³/mol. The van der Waals surface area contributed by atoms with Gasteiger partial charge in [0.25, 0.3) is 0 Å². The van der Waals surface area contributed by atoms with Gasteiger partial charge in [-0.05, 0) is 34.4 Å². The Labute approximate surface area is 119 Å². The van der Waals surface area contributed by atoms with Crippen LogP contribution in [-0.4, -0.2) is 50.9 Å². The van der Waals surface area contributed by atoms with Crippen LogP contribution in [0, 0.1) is 0 Å². The van der Waals surface area contributed by atoms with Crippen molar-refractivity contribution in [2.45, 2.75) is 44.4 Å². The maximum absolute atomic E-state index is 10.7. The Kier molecular flexibility index (Phi) is 5.43. The van der Waals surface area contributed by atoms with Crippen LogP contribution in [0.25, 0.3) is 0 Å². The molecule has 1 N–H and O–H groups in total. The minimum atomic E-state index is -0.815. The molecule has 0 unspecified atom stereocenters. The number of nitrogens with zero attached hydrogens (tertiary/aromatic N) is 3. The van der Waals surface area contributed by atoms with Gasteiger partial charge in [0.05, 0.1) is 5.75 Å². The van der Waals surface area contributed by atoms with Gasteiger partial charge in [0.2, 0.25) is 0 Å². The van der Waals surface area contributed by atoms with Crippen molar-refractivity contribution in [2.75, 3.05) is 19.8 Å². The lowest BCUT2D eigenvalue weighted by molar-refractivity contribution is -0.133. The molecular formula is C13H23N3O2S. The number of carbonyl (C=O) groups is 1. The van der Waals surface area contributed by atoms with Gasteiger partial charge in [-0.3, -0.25) is 4.79 Å². The minimum absolute atomic E-state index is 0.0108. The summed E-state index contributed by atoms with van der Waals surface area (Å²) in [5, 5.41) is 9.57. The Morgan fingerprint density at radius 1 is 1.53 bits per heavy atom. The van der Waals surface area contributed by atoms with E-state index in [9.17, 15) is 4.79 Å². The van der Waals surface area contributed by atoms with E-state index in [0.717, 1.165) is 23.8 Å². The van der Waals surface area contributed by atoms with Crippen molar-refractivity contribution in [1.82, 2.24) is 14.5 Å². The van der Waals surface area contributed by atoms with Crippen molar-refractivity contribution in [3.63, 3.8) is 0 Å². The Balaban J connectivity index is 2.96. The molecule has 6 heteroatoms. The molecule has 19 heavy (non-hydrogen) atoms. The zero-order valence-corrected chi connectivity index (χ0v) is 13.1. The van der Waals surface area contributed by atoms with Crippen LogP contribution in [0.1, 0.15) is 26.5 Å². The van der Waals surface area contributed by atoms with E-state index in [-0.39, 0.29) is 11.3 Å². The molecule has 0 bridgehead atoms. The van der Waals surface area contributed by atoms with Crippen LogP contribution < -0.4 is 0 Å². The first kappa shape index (κ1) is 16.0. The van der Waals surface area contributed by atoms with E-state index < -0.39 is 5.97 Å². The molecule has 0 aliphatic carbocycles. The number of aryl methyl sites for hydroxylation is 1. The SMILES string of the molecule is CCc1cnc(SCC(=O)O)n1CC(C)(C)N(C)C. The topological polar surface area (TPSA) is 58.4 Å². The molecular weight excluding hydrogens is 262 g/mol. The monoisotopic (exact) mass is 285 g/mol. The first-order valence-corrected chi connectivity index (χ1v) is 7.33. The number of aliphatic carboxylic acids is 1. The quantitative estimate of drug-likeness (QED) is 0.776. The van der Waals surface area contributed by atoms with E-state index >= 15 is 0 Å². The number of imidazole rings is 1. The van der Waals surface area contributed by atoms with Crippen LogP contribution in [0.2, 0.25) is 0 Å². The van der Waals surface area contributed by atoms with Crippen molar-refractivity contribution in [1.29, 1.82) is 0 Å². The van der Waals surface area contributed by atoms with Gasteiger partial charge in [-0.15, -0.1) is 0 Å². The summed E-state index contributed by atoms with van der Waals surface area (Å²) in [6.07, 6.45) is 2.74. The summed E-state index contributed by atoms with van der Waals surface area (Å²) in [4.78, 5) is 17.2. The Morgan fingerprint density at radius 3 is 2.63 bits per heavy atom. The molecule has 5 nitrogen and oxygen atoms in total. The van der Waals surface area contributed by atoms with Gasteiger partial charge in [0.1, 0.15) is 0 Å². The van der Waals surface area contributed by atoms with E-state index in [0.29, 0.717) is 0 Å². The highest BCUT2D eigenvalue weighted by Crippen LogP contribution is 2.23. The first-order chi connectivity index (χ1) is 8.77. The molecule has 108 valence electrons. The lowest BCUT2D eigenvalue weighted by Gasteiger charge is -2.33. The zero-order chi connectivity index (χ0) is 14.6. The number of carboxylic acids is 1. The molecule has 1 heterocycles. The fraction of sp³-hybridized carbons (Fsp3) is 0.692. The fourth-order valence-electron chi connectivity index (χ4n) is 1.61.